The second kappa shape index (κ2) is 6.57. The van der Waals surface area contributed by atoms with Gasteiger partial charge < -0.3 is 29.4 Å². The van der Waals surface area contributed by atoms with E-state index < -0.39 is 27.8 Å². The number of allylic oxidation sites excluding steroid dienone is 1. The van der Waals surface area contributed by atoms with Gasteiger partial charge in [0, 0.05) is 6.16 Å². The van der Waals surface area contributed by atoms with Crippen molar-refractivity contribution in [2.75, 3.05) is 6.16 Å². The Morgan fingerprint density at radius 3 is 1.61 bits per heavy atom. The molecule has 0 aromatic carbocycles. The Hall–Kier alpha value is 0.190. The minimum atomic E-state index is -5.03. The van der Waals surface area contributed by atoms with E-state index in [4.69, 9.17) is 29.4 Å². The van der Waals surface area contributed by atoms with E-state index in [2.05, 4.69) is 0 Å². The molecule has 0 aliphatic rings. The molecule has 0 aliphatic carbocycles. The molecule has 18 heavy (non-hydrogen) atoms. The third-order valence-electron chi connectivity index (χ3n) is 1.83. The molecule has 9 nitrogen and oxygen atoms in total. The standard InChI is InChI=1S/C6H15O9P3/c7-16(8,9)5-3-1-2-4-6(17(10,11)12)18(13,14)15/h4H,1-3,5H2,(H2,7,8,9)(H2,10,11,12)(H2,13,14,15). The van der Waals surface area contributed by atoms with E-state index in [-0.39, 0.29) is 25.4 Å². The van der Waals surface area contributed by atoms with Gasteiger partial charge in [-0.2, -0.15) is 0 Å². The molecular formula is C6H15O9P3. The Morgan fingerprint density at radius 1 is 0.833 bits per heavy atom. The highest BCUT2D eigenvalue weighted by Gasteiger charge is 2.35. The molecule has 0 atom stereocenters. The SMILES string of the molecule is O=P(O)(O)CCCCC=C(P(=O)(O)O)P(=O)(O)O. The summed E-state index contributed by atoms with van der Waals surface area (Å²) in [5.74, 6) is 0. The summed E-state index contributed by atoms with van der Waals surface area (Å²) >= 11 is 0. The monoisotopic (exact) mass is 324 g/mol. The van der Waals surface area contributed by atoms with Gasteiger partial charge in [0.15, 0.2) is 0 Å². The Morgan fingerprint density at radius 2 is 1.28 bits per heavy atom. The smallest absolute Gasteiger partial charge is 0.324 e. The van der Waals surface area contributed by atoms with E-state index in [1.165, 1.54) is 0 Å². The van der Waals surface area contributed by atoms with Crippen LogP contribution in [0.25, 0.3) is 0 Å². The summed E-state index contributed by atoms with van der Waals surface area (Å²) in [6, 6.07) is 0. The Bertz CT molecular complexity index is 413. The number of hydrogen-bond donors (Lipinski definition) is 6. The summed E-state index contributed by atoms with van der Waals surface area (Å²) in [4.78, 5) is 52.0. The zero-order valence-corrected chi connectivity index (χ0v) is 11.8. The molecule has 0 rings (SSSR count). The lowest BCUT2D eigenvalue weighted by molar-refractivity contribution is 0.364. The van der Waals surface area contributed by atoms with Crippen molar-refractivity contribution in [2.24, 2.45) is 0 Å². The fraction of sp³-hybridized carbons (Fsp3) is 0.667. The lowest BCUT2D eigenvalue weighted by Gasteiger charge is -2.10. The zero-order chi connectivity index (χ0) is 14.6. The maximum Gasteiger partial charge on any atom is 0.364 e. The summed E-state index contributed by atoms with van der Waals surface area (Å²) < 4.78 is 32.1. The average Bonchev–Trinajstić information content (AvgIpc) is 2.04. The molecule has 12 heteroatoms. The van der Waals surface area contributed by atoms with E-state index >= 15 is 0 Å². The lowest BCUT2D eigenvalue weighted by atomic mass is 10.2. The minimum Gasteiger partial charge on any atom is -0.324 e. The maximum atomic E-state index is 10.8. The van der Waals surface area contributed by atoms with Crippen molar-refractivity contribution >= 4 is 22.8 Å². The topological polar surface area (TPSA) is 173 Å². The quantitative estimate of drug-likeness (QED) is 0.288. The van der Waals surface area contributed by atoms with Gasteiger partial charge in [-0.25, -0.2) is 0 Å². The Kier molecular flexibility index (Phi) is 6.64. The van der Waals surface area contributed by atoms with Gasteiger partial charge in [0.05, 0.1) is 0 Å². The predicted octanol–water partition coefficient (Wildman–Crippen LogP) is 0.531. The maximum absolute atomic E-state index is 10.8. The second-order valence-corrected chi connectivity index (χ2v) is 8.80. The zero-order valence-electron chi connectivity index (χ0n) is 9.16. The van der Waals surface area contributed by atoms with E-state index in [0.29, 0.717) is 0 Å². The first-order valence-electron chi connectivity index (χ1n) is 4.71. The third-order valence-corrected chi connectivity index (χ3v) is 5.85. The van der Waals surface area contributed by atoms with Crippen LogP contribution >= 0.6 is 22.8 Å². The van der Waals surface area contributed by atoms with Crippen molar-refractivity contribution in [3.05, 3.63) is 11.1 Å². The Labute approximate surface area is 103 Å². The van der Waals surface area contributed by atoms with Crippen LogP contribution in [0.1, 0.15) is 19.3 Å². The molecule has 0 unspecified atom stereocenters. The summed E-state index contributed by atoms with van der Waals surface area (Å²) in [7, 11) is -14.2. The van der Waals surface area contributed by atoms with Crippen LogP contribution in [0.5, 0.6) is 0 Å². The van der Waals surface area contributed by atoms with E-state index in [9.17, 15) is 13.7 Å². The lowest BCUT2D eigenvalue weighted by Crippen LogP contribution is -1.90. The predicted molar refractivity (Wildman–Crippen MR) is 62.9 cm³/mol. The average molecular weight is 324 g/mol. The summed E-state index contributed by atoms with van der Waals surface area (Å²) in [5.41, 5.74) is 0. The fourth-order valence-corrected chi connectivity index (χ4v) is 3.83. The molecule has 0 bridgehead atoms. The summed E-state index contributed by atoms with van der Waals surface area (Å²) in [6.07, 6.45) is 0.472. The minimum absolute atomic E-state index is 0.0797. The van der Waals surface area contributed by atoms with Gasteiger partial charge in [-0.1, -0.05) is 6.08 Å². The van der Waals surface area contributed by atoms with Crippen LogP contribution in [0.4, 0.5) is 0 Å². The third kappa shape index (κ3) is 8.32. The van der Waals surface area contributed by atoms with Crippen LogP contribution in [-0.4, -0.2) is 35.5 Å². The summed E-state index contributed by atoms with van der Waals surface area (Å²) in [5, 5.41) is -1.26. The van der Waals surface area contributed by atoms with Crippen LogP contribution in [0, 0.1) is 0 Å². The van der Waals surface area contributed by atoms with Crippen LogP contribution in [-0.2, 0) is 13.7 Å². The molecule has 0 amide bonds. The number of unbranched alkanes of at least 4 members (excludes halogenated alkanes) is 2. The highest BCUT2D eigenvalue weighted by Crippen LogP contribution is 2.63. The molecule has 0 radical (unpaired) electrons. The van der Waals surface area contributed by atoms with Gasteiger partial charge in [-0.05, 0) is 19.3 Å². The van der Waals surface area contributed by atoms with E-state index in [1.807, 2.05) is 0 Å². The van der Waals surface area contributed by atoms with E-state index in [0.717, 1.165) is 6.08 Å². The highest BCUT2D eigenvalue weighted by atomic mass is 31.2. The largest absolute Gasteiger partial charge is 0.364 e. The van der Waals surface area contributed by atoms with Crippen LogP contribution < -0.4 is 0 Å². The summed E-state index contributed by atoms with van der Waals surface area (Å²) in [6.45, 7) is 0. The first-order chi connectivity index (χ1) is 7.84. The van der Waals surface area contributed by atoms with Crippen LogP contribution in [0.2, 0.25) is 0 Å². The van der Waals surface area contributed by atoms with Gasteiger partial charge >= 0.3 is 22.8 Å². The molecule has 0 aromatic heterocycles. The van der Waals surface area contributed by atoms with Crippen molar-refractivity contribution in [2.45, 2.75) is 19.3 Å². The van der Waals surface area contributed by atoms with Gasteiger partial charge in [0.2, 0.25) is 0 Å². The van der Waals surface area contributed by atoms with Crippen molar-refractivity contribution in [3.8, 4) is 0 Å². The Balaban J connectivity index is 4.51. The first-order valence-corrected chi connectivity index (χ1v) is 9.73. The molecule has 0 fully saturated rings. The molecule has 0 aliphatic heterocycles. The molecule has 6 N–H and O–H groups in total. The van der Waals surface area contributed by atoms with Crippen molar-refractivity contribution in [1.29, 1.82) is 0 Å². The second-order valence-electron chi connectivity index (χ2n) is 3.53. The molecule has 0 saturated heterocycles. The molecule has 0 spiro atoms. The van der Waals surface area contributed by atoms with Crippen LogP contribution in [0.3, 0.4) is 0 Å². The van der Waals surface area contributed by atoms with Gasteiger partial charge in [-0.3, -0.25) is 13.7 Å². The molecule has 0 aromatic rings. The van der Waals surface area contributed by atoms with Crippen molar-refractivity contribution in [3.63, 3.8) is 0 Å². The number of rotatable bonds is 7. The normalized spacial score (nSPS) is 13.4. The number of hydrogen-bond acceptors (Lipinski definition) is 3. The van der Waals surface area contributed by atoms with Crippen LogP contribution in [0.15, 0.2) is 11.1 Å². The molecule has 108 valence electrons. The van der Waals surface area contributed by atoms with Crippen molar-refractivity contribution < 1.29 is 43.1 Å². The van der Waals surface area contributed by atoms with Gasteiger partial charge in [-0.15, -0.1) is 0 Å². The molecular weight excluding hydrogens is 309 g/mol. The van der Waals surface area contributed by atoms with Gasteiger partial charge in [0.1, 0.15) is 5.06 Å². The van der Waals surface area contributed by atoms with Gasteiger partial charge in [0.25, 0.3) is 0 Å². The fourth-order valence-electron chi connectivity index (χ4n) is 1.10. The highest BCUT2D eigenvalue weighted by molar-refractivity contribution is 7.77. The molecule has 0 saturated carbocycles. The first kappa shape index (κ1) is 18.2. The van der Waals surface area contributed by atoms with Crippen molar-refractivity contribution in [1.82, 2.24) is 0 Å². The van der Waals surface area contributed by atoms with E-state index in [1.54, 1.807) is 0 Å². The molecule has 0 heterocycles.